The van der Waals surface area contributed by atoms with Gasteiger partial charge >= 0.3 is 5.97 Å². The maximum atomic E-state index is 11.4. The second-order valence-electron chi connectivity index (χ2n) is 4.45. The summed E-state index contributed by atoms with van der Waals surface area (Å²) >= 11 is 0. The number of carbonyl (C=O) groups is 2. The third kappa shape index (κ3) is 4.31. The molecule has 1 fully saturated rings. The lowest BCUT2D eigenvalue weighted by molar-refractivity contribution is -0.171. The van der Waals surface area contributed by atoms with Crippen molar-refractivity contribution in [3.63, 3.8) is 0 Å². The molecule has 0 atom stereocenters. The molecule has 1 saturated heterocycles. The molecule has 0 spiro atoms. The van der Waals surface area contributed by atoms with Crippen LogP contribution in [0.3, 0.4) is 0 Å². The highest BCUT2D eigenvalue weighted by atomic mass is 32.2. The zero-order chi connectivity index (χ0) is 13.3. The normalized spacial score (nSPS) is 18.6. The maximum Gasteiger partial charge on any atom is 0.329 e. The van der Waals surface area contributed by atoms with Crippen molar-refractivity contribution in [2.45, 2.75) is 12.5 Å². The molecule has 0 aromatic carbocycles. The van der Waals surface area contributed by atoms with Crippen LogP contribution in [0.4, 0.5) is 0 Å². The van der Waals surface area contributed by atoms with Gasteiger partial charge in [0.2, 0.25) is 5.91 Å². The number of amides is 1. The van der Waals surface area contributed by atoms with Gasteiger partial charge in [0, 0.05) is 6.26 Å². The summed E-state index contributed by atoms with van der Waals surface area (Å²) in [6, 6.07) is 0. The molecule has 0 bridgehead atoms. The van der Waals surface area contributed by atoms with Gasteiger partial charge in [0.1, 0.15) is 18.0 Å². The van der Waals surface area contributed by atoms with Crippen LogP contribution in [-0.2, 0) is 24.2 Å². The highest BCUT2D eigenvalue weighted by Gasteiger charge is 2.43. The Bertz CT molecular complexity index is 423. The summed E-state index contributed by atoms with van der Waals surface area (Å²) in [6.45, 7) is 1.69. The van der Waals surface area contributed by atoms with Crippen LogP contribution >= 0.6 is 0 Å². The lowest BCUT2D eigenvalue weighted by Gasteiger charge is -2.47. The fourth-order valence-electron chi connectivity index (χ4n) is 1.58. The van der Waals surface area contributed by atoms with E-state index in [0.717, 1.165) is 6.26 Å². The van der Waals surface area contributed by atoms with Gasteiger partial charge in [-0.05, 0) is 6.92 Å². The molecule has 1 aliphatic rings. The van der Waals surface area contributed by atoms with Crippen molar-refractivity contribution in [2.24, 2.45) is 0 Å². The minimum absolute atomic E-state index is 0.217. The molecule has 1 amide bonds. The number of carbonyl (C=O) groups excluding carboxylic acids is 1. The van der Waals surface area contributed by atoms with Crippen molar-refractivity contribution in [1.29, 1.82) is 0 Å². The Morgan fingerprint density at radius 2 is 1.94 bits per heavy atom. The Morgan fingerprint density at radius 3 is 2.35 bits per heavy atom. The summed E-state index contributed by atoms with van der Waals surface area (Å²) in [5.41, 5.74) is -0.689. The average Bonchev–Trinajstić information content (AvgIpc) is 2.07. The van der Waals surface area contributed by atoms with E-state index in [1.807, 2.05) is 0 Å². The van der Waals surface area contributed by atoms with Crippen LogP contribution in [0.25, 0.3) is 0 Å². The third-order valence-corrected chi connectivity index (χ3v) is 3.10. The Morgan fingerprint density at radius 1 is 1.41 bits per heavy atom. The van der Waals surface area contributed by atoms with E-state index < -0.39 is 39.7 Å². The molecule has 0 saturated carbocycles. The maximum absolute atomic E-state index is 11.4. The van der Waals surface area contributed by atoms with Crippen molar-refractivity contribution in [3.8, 4) is 0 Å². The summed E-state index contributed by atoms with van der Waals surface area (Å²) in [4.78, 5) is 23.1. The first kappa shape index (κ1) is 13.9. The molecule has 0 unspecified atom stereocenters. The van der Waals surface area contributed by atoms with Gasteiger partial charge < -0.3 is 14.7 Å². The number of aliphatic carboxylic acids is 1. The molecular formula is C9H15NO6S. The van der Waals surface area contributed by atoms with Crippen molar-refractivity contribution < 1.29 is 27.9 Å². The minimum atomic E-state index is -3.33. The van der Waals surface area contributed by atoms with Gasteiger partial charge in [0.15, 0.2) is 9.84 Å². The fourth-order valence-corrected chi connectivity index (χ4v) is 2.21. The minimum Gasteiger partial charge on any atom is -0.480 e. The summed E-state index contributed by atoms with van der Waals surface area (Å²) in [6.07, 6.45) is 0.991. The summed E-state index contributed by atoms with van der Waals surface area (Å²) < 4.78 is 26.9. The largest absolute Gasteiger partial charge is 0.480 e. The number of rotatable bonds is 5. The molecule has 1 rings (SSSR count). The van der Waals surface area contributed by atoms with Crippen LogP contribution in [0.1, 0.15) is 6.92 Å². The van der Waals surface area contributed by atoms with E-state index in [2.05, 4.69) is 0 Å². The van der Waals surface area contributed by atoms with Crippen LogP contribution in [-0.4, -0.2) is 67.6 Å². The smallest absolute Gasteiger partial charge is 0.329 e. The topological polar surface area (TPSA) is 101 Å². The Hall–Kier alpha value is -1.15. The molecule has 0 radical (unpaired) electrons. The van der Waals surface area contributed by atoms with Gasteiger partial charge in [-0.1, -0.05) is 0 Å². The molecular weight excluding hydrogens is 250 g/mol. The Kier molecular flexibility index (Phi) is 3.78. The SMILES string of the molecule is CC1(OCC(=O)O)CN(C(=O)CS(C)(=O)=O)C1. The van der Waals surface area contributed by atoms with E-state index >= 15 is 0 Å². The first-order valence-corrected chi connectivity index (χ1v) is 6.99. The molecule has 0 aliphatic carbocycles. The van der Waals surface area contributed by atoms with Gasteiger partial charge in [0.05, 0.1) is 13.1 Å². The third-order valence-electron chi connectivity index (χ3n) is 2.33. The number of likely N-dealkylation sites (tertiary alicyclic amines) is 1. The zero-order valence-electron chi connectivity index (χ0n) is 9.67. The average molecular weight is 265 g/mol. The lowest BCUT2D eigenvalue weighted by atomic mass is 9.96. The molecule has 7 nitrogen and oxygen atoms in total. The second kappa shape index (κ2) is 4.61. The lowest BCUT2D eigenvalue weighted by Crippen LogP contribution is -2.64. The molecule has 0 aromatic heterocycles. The number of hydrogen-bond acceptors (Lipinski definition) is 5. The van der Waals surface area contributed by atoms with Gasteiger partial charge in [-0.25, -0.2) is 13.2 Å². The predicted octanol–water partition coefficient (Wildman–Crippen LogP) is -1.27. The van der Waals surface area contributed by atoms with Crippen molar-refractivity contribution in [1.82, 2.24) is 4.90 Å². The van der Waals surface area contributed by atoms with Crippen LogP contribution in [0, 0.1) is 0 Å². The van der Waals surface area contributed by atoms with E-state index in [-0.39, 0.29) is 13.1 Å². The van der Waals surface area contributed by atoms with Gasteiger partial charge in [-0.15, -0.1) is 0 Å². The van der Waals surface area contributed by atoms with Crippen LogP contribution in [0.5, 0.6) is 0 Å². The monoisotopic (exact) mass is 265 g/mol. The summed E-state index contributed by atoms with van der Waals surface area (Å²) in [7, 11) is -3.33. The molecule has 98 valence electrons. The Labute approximate surface area is 99.3 Å². The number of carboxylic acids is 1. The quantitative estimate of drug-likeness (QED) is 0.665. The standard InChI is InChI=1S/C9H15NO6S/c1-9(16-3-8(12)13)5-10(6-9)7(11)4-17(2,14)15/h3-6H2,1-2H3,(H,12,13). The zero-order valence-corrected chi connectivity index (χ0v) is 10.5. The predicted molar refractivity (Wildman–Crippen MR) is 58.3 cm³/mol. The fraction of sp³-hybridized carbons (Fsp3) is 0.778. The first-order chi connectivity index (χ1) is 7.61. The molecule has 17 heavy (non-hydrogen) atoms. The van der Waals surface area contributed by atoms with E-state index in [9.17, 15) is 18.0 Å². The first-order valence-electron chi connectivity index (χ1n) is 4.93. The van der Waals surface area contributed by atoms with Crippen LogP contribution < -0.4 is 0 Å². The molecule has 8 heteroatoms. The van der Waals surface area contributed by atoms with Crippen molar-refractivity contribution in [2.75, 3.05) is 31.7 Å². The van der Waals surface area contributed by atoms with Crippen molar-refractivity contribution in [3.05, 3.63) is 0 Å². The van der Waals surface area contributed by atoms with E-state index in [4.69, 9.17) is 9.84 Å². The highest BCUT2D eigenvalue weighted by Crippen LogP contribution is 2.24. The van der Waals surface area contributed by atoms with Crippen LogP contribution in [0.2, 0.25) is 0 Å². The molecule has 1 aliphatic heterocycles. The number of ether oxygens (including phenoxy) is 1. The Balaban J connectivity index is 2.40. The van der Waals surface area contributed by atoms with E-state index in [1.165, 1.54) is 4.90 Å². The van der Waals surface area contributed by atoms with Gasteiger partial charge in [0.25, 0.3) is 0 Å². The number of nitrogens with zero attached hydrogens (tertiary/aromatic N) is 1. The van der Waals surface area contributed by atoms with Crippen LogP contribution in [0.15, 0.2) is 0 Å². The summed E-state index contributed by atoms with van der Waals surface area (Å²) in [5, 5.41) is 8.44. The highest BCUT2D eigenvalue weighted by molar-refractivity contribution is 7.91. The number of hydrogen-bond donors (Lipinski definition) is 1. The number of sulfone groups is 1. The van der Waals surface area contributed by atoms with Gasteiger partial charge in [-0.2, -0.15) is 0 Å². The molecule has 1 N–H and O–H groups in total. The van der Waals surface area contributed by atoms with Crippen molar-refractivity contribution >= 4 is 21.7 Å². The second-order valence-corrected chi connectivity index (χ2v) is 6.59. The van der Waals surface area contributed by atoms with E-state index in [0.29, 0.717) is 0 Å². The summed E-state index contributed by atoms with van der Waals surface area (Å²) in [5.74, 6) is -2.09. The molecule has 0 aromatic rings. The number of carboxylic acid groups (broad SMARTS) is 1. The van der Waals surface area contributed by atoms with E-state index in [1.54, 1.807) is 6.92 Å². The molecule has 1 heterocycles. The van der Waals surface area contributed by atoms with Gasteiger partial charge in [-0.3, -0.25) is 4.79 Å².